The van der Waals surface area contributed by atoms with Crippen LogP contribution in [0.4, 0.5) is 0 Å². The first-order valence-electron chi connectivity index (χ1n) is 4.59. The van der Waals surface area contributed by atoms with E-state index >= 15 is 0 Å². The average Bonchev–Trinajstić information content (AvgIpc) is 2.85. The Labute approximate surface area is 91.6 Å². The van der Waals surface area contributed by atoms with Crippen molar-refractivity contribution >= 4 is 22.7 Å². The summed E-state index contributed by atoms with van der Waals surface area (Å²) in [4.78, 5) is 5.81. The van der Waals surface area contributed by atoms with Crippen LogP contribution in [0.5, 0.6) is 0 Å². The summed E-state index contributed by atoms with van der Waals surface area (Å²) in [5, 5.41) is 8.64. The predicted molar refractivity (Wildman–Crippen MR) is 62.8 cm³/mol. The highest BCUT2D eigenvalue weighted by Crippen LogP contribution is 2.25. The van der Waals surface area contributed by atoms with Crippen LogP contribution in [0.2, 0.25) is 0 Å². The van der Waals surface area contributed by atoms with Crippen molar-refractivity contribution in [1.82, 2.24) is 10.3 Å². The van der Waals surface area contributed by atoms with E-state index in [9.17, 15) is 0 Å². The molecule has 2 nitrogen and oxygen atoms in total. The zero-order valence-electron chi connectivity index (χ0n) is 7.99. The van der Waals surface area contributed by atoms with Gasteiger partial charge in [-0.05, 0) is 18.0 Å². The predicted octanol–water partition coefficient (Wildman–Crippen LogP) is 2.98. The number of thiazole rings is 1. The highest BCUT2D eigenvalue weighted by Gasteiger charge is 2.04. The smallest absolute Gasteiger partial charge is 0.107 e. The zero-order valence-corrected chi connectivity index (χ0v) is 9.62. The molecule has 0 aromatic carbocycles. The number of rotatable bonds is 4. The van der Waals surface area contributed by atoms with Gasteiger partial charge in [0, 0.05) is 11.9 Å². The molecule has 0 fully saturated rings. The van der Waals surface area contributed by atoms with E-state index in [1.165, 1.54) is 4.88 Å². The van der Waals surface area contributed by atoms with Gasteiger partial charge in [0.1, 0.15) is 5.01 Å². The van der Waals surface area contributed by atoms with Gasteiger partial charge in [-0.15, -0.1) is 22.7 Å². The van der Waals surface area contributed by atoms with E-state index in [-0.39, 0.29) is 0 Å². The summed E-state index contributed by atoms with van der Waals surface area (Å²) >= 11 is 3.46. The Morgan fingerprint density at radius 2 is 2.36 bits per heavy atom. The Hall–Kier alpha value is -0.710. The second kappa shape index (κ2) is 4.68. The molecule has 14 heavy (non-hydrogen) atoms. The zero-order chi connectivity index (χ0) is 9.80. The molecule has 0 aliphatic carbocycles. The highest BCUT2D eigenvalue weighted by molar-refractivity contribution is 7.14. The minimum atomic E-state index is 0.881. The average molecular weight is 224 g/mol. The number of nitrogens with zero attached hydrogens (tertiary/aromatic N) is 1. The van der Waals surface area contributed by atoms with E-state index < -0.39 is 0 Å². The summed E-state index contributed by atoms with van der Waals surface area (Å²) in [5.41, 5.74) is 1.11. The van der Waals surface area contributed by atoms with E-state index in [2.05, 4.69) is 40.1 Å². The van der Waals surface area contributed by atoms with Crippen molar-refractivity contribution in [2.75, 3.05) is 6.54 Å². The SMILES string of the molecule is CCNCc1nc(-c2cccs2)cs1. The third-order valence-corrected chi connectivity index (χ3v) is 3.59. The molecule has 4 heteroatoms. The molecular formula is C10H12N2S2. The lowest BCUT2D eigenvalue weighted by atomic mass is 10.4. The summed E-state index contributed by atoms with van der Waals surface area (Å²) in [6.07, 6.45) is 0. The molecule has 1 N–H and O–H groups in total. The topological polar surface area (TPSA) is 24.9 Å². The molecule has 0 aliphatic heterocycles. The van der Waals surface area contributed by atoms with Crippen LogP contribution in [-0.2, 0) is 6.54 Å². The quantitative estimate of drug-likeness (QED) is 0.863. The van der Waals surface area contributed by atoms with Crippen molar-refractivity contribution in [3.63, 3.8) is 0 Å². The van der Waals surface area contributed by atoms with Crippen LogP contribution in [0.3, 0.4) is 0 Å². The third kappa shape index (κ3) is 2.20. The van der Waals surface area contributed by atoms with Gasteiger partial charge in [0.25, 0.3) is 0 Å². The fourth-order valence-electron chi connectivity index (χ4n) is 1.16. The Morgan fingerprint density at radius 1 is 1.43 bits per heavy atom. The fourth-order valence-corrected chi connectivity index (χ4v) is 2.69. The van der Waals surface area contributed by atoms with Gasteiger partial charge in [0.15, 0.2) is 0 Å². The van der Waals surface area contributed by atoms with Gasteiger partial charge >= 0.3 is 0 Å². The van der Waals surface area contributed by atoms with Gasteiger partial charge in [-0.1, -0.05) is 13.0 Å². The lowest BCUT2D eigenvalue weighted by Crippen LogP contribution is -2.11. The first kappa shape index (κ1) is 9.83. The van der Waals surface area contributed by atoms with E-state index in [0.717, 1.165) is 23.8 Å². The van der Waals surface area contributed by atoms with Crippen LogP contribution in [0, 0.1) is 0 Å². The molecule has 0 atom stereocenters. The lowest BCUT2D eigenvalue weighted by Gasteiger charge is -1.94. The van der Waals surface area contributed by atoms with Crippen molar-refractivity contribution in [3.05, 3.63) is 27.9 Å². The number of hydrogen-bond acceptors (Lipinski definition) is 4. The number of thiophene rings is 1. The molecule has 0 spiro atoms. The van der Waals surface area contributed by atoms with Crippen LogP contribution < -0.4 is 5.32 Å². The van der Waals surface area contributed by atoms with Crippen molar-refractivity contribution in [2.24, 2.45) is 0 Å². The summed E-state index contributed by atoms with van der Waals surface area (Å²) in [6, 6.07) is 4.17. The Bertz CT molecular complexity index is 378. The van der Waals surface area contributed by atoms with Gasteiger partial charge in [-0.2, -0.15) is 0 Å². The summed E-state index contributed by atoms with van der Waals surface area (Å²) in [6.45, 7) is 3.98. The van der Waals surface area contributed by atoms with Crippen LogP contribution in [0.25, 0.3) is 10.6 Å². The molecule has 0 radical (unpaired) electrons. The number of nitrogens with one attached hydrogen (secondary N) is 1. The monoisotopic (exact) mass is 224 g/mol. The first-order valence-corrected chi connectivity index (χ1v) is 6.35. The minimum Gasteiger partial charge on any atom is -0.311 e. The normalized spacial score (nSPS) is 10.6. The maximum absolute atomic E-state index is 4.56. The van der Waals surface area contributed by atoms with E-state index in [1.54, 1.807) is 22.7 Å². The molecular weight excluding hydrogens is 212 g/mol. The molecule has 0 saturated carbocycles. The summed E-state index contributed by atoms with van der Waals surface area (Å²) in [7, 11) is 0. The maximum Gasteiger partial charge on any atom is 0.107 e. The van der Waals surface area contributed by atoms with Crippen molar-refractivity contribution in [1.29, 1.82) is 0 Å². The number of hydrogen-bond donors (Lipinski definition) is 1. The second-order valence-electron chi connectivity index (χ2n) is 2.88. The van der Waals surface area contributed by atoms with Crippen LogP contribution in [-0.4, -0.2) is 11.5 Å². The molecule has 2 rings (SSSR count). The van der Waals surface area contributed by atoms with E-state index in [0.29, 0.717) is 0 Å². The van der Waals surface area contributed by atoms with Crippen molar-refractivity contribution in [3.8, 4) is 10.6 Å². The minimum absolute atomic E-state index is 0.881. The maximum atomic E-state index is 4.56. The lowest BCUT2D eigenvalue weighted by molar-refractivity contribution is 0.723. The highest BCUT2D eigenvalue weighted by atomic mass is 32.1. The van der Waals surface area contributed by atoms with Gasteiger partial charge in [0.2, 0.25) is 0 Å². The van der Waals surface area contributed by atoms with E-state index in [4.69, 9.17) is 0 Å². The van der Waals surface area contributed by atoms with Crippen LogP contribution in [0.1, 0.15) is 11.9 Å². The third-order valence-electron chi connectivity index (χ3n) is 1.85. The van der Waals surface area contributed by atoms with Gasteiger partial charge < -0.3 is 5.32 Å². The molecule has 0 amide bonds. The molecule has 2 heterocycles. The molecule has 0 bridgehead atoms. The molecule has 74 valence electrons. The van der Waals surface area contributed by atoms with Crippen molar-refractivity contribution in [2.45, 2.75) is 13.5 Å². The van der Waals surface area contributed by atoms with Gasteiger partial charge in [0.05, 0.1) is 10.6 Å². The molecule has 0 aliphatic rings. The standard InChI is InChI=1S/C10H12N2S2/c1-2-11-6-10-12-8(7-14-10)9-4-3-5-13-9/h3-5,7,11H,2,6H2,1H3. The van der Waals surface area contributed by atoms with Crippen molar-refractivity contribution < 1.29 is 0 Å². The second-order valence-corrected chi connectivity index (χ2v) is 4.77. The molecule has 2 aromatic heterocycles. The molecule has 0 unspecified atom stereocenters. The largest absolute Gasteiger partial charge is 0.311 e. The summed E-state index contributed by atoms with van der Waals surface area (Å²) < 4.78 is 0. The Morgan fingerprint density at radius 3 is 3.07 bits per heavy atom. The molecule has 2 aromatic rings. The Balaban J connectivity index is 2.10. The van der Waals surface area contributed by atoms with Gasteiger partial charge in [-0.3, -0.25) is 0 Å². The Kier molecular flexibility index (Phi) is 3.29. The van der Waals surface area contributed by atoms with Gasteiger partial charge in [-0.25, -0.2) is 4.98 Å². The van der Waals surface area contributed by atoms with Crippen LogP contribution in [0.15, 0.2) is 22.9 Å². The molecule has 0 saturated heterocycles. The fraction of sp³-hybridized carbons (Fsp3) is 0.300. The van der Waals surface area contributed by atoms with E-state index in [1.807, 2.05) is 0 Å². The summed E-state index contributed by atoms with van der Waals surface area (Å²) in [5.74, 6) is 0. The first-order chi connectivity index (χ1) is 6.90. The van der Waals surface area contributed by atoms with Crippen LogP contribution >= 0.6 is 22.7 Å². The number of aromatic nitrogens is 1.